The van der Waals surface area contributed by atoms with Gasteiger partial charge >= 0.3 is 5.97 Å². The Morgan fingerprint density at radius 1 is 0.895 bits per heavy atom. The molecule has 3 rings (SSSR count). The number of ether oxygens (including phenoxy) is 2. The fourth-order valence-corrected chi connectivity index (χ4v) is 4.18. The maximum atomic E-state index is 12.7. The highest BCUT2D eigenvalue weighted by molar-refractivity contribution is 7.90. The molecule has 0 aliphatic rings. The van der Waals surface area contributed by atoms with Crippen molar-refractivity contribution >= 4 is 27.8 Å². The molecule has 0 saturated heterocycles. The SMILES string of the molecule is COc1ccc(CCNC(=O)c2ccc(S(=O)(=O)NC(=O)c3ccc(C(=O)OCC(C)C)nc3)cc2)cc1. The molecule has 11 heteroatoms. The highest BCUT2D eigenvalue weighted by Gasteiger charge is 2.20. The summed E-state index contributed by atoms with van der Waals surface area (Å²) in [4.78, 5) is 40.5. The van der Waals surface area contributed by atoms with Gasteiger partial charge in [-0.3, -0.25) is 9.59 Å². The number of benzene rings is 2. The Hall–Kier alpha value is -4.25. The third-order valence-corrected chi connectivity index (χ3v) is 6.64. The van der Waals surface area contributed by atoms with Crippen molar-refractivity contribution in [3.05, 3.63) is 89.2 Å². The number of aromatic nitrogens is 1. The molecular formula is C27H29N3O7S. The highest BCUT2D eigenvalue weighted by Crippen LogP contribution is 2.13. The average Bonchev–Trinajstić information content (AvgIpc) is 2.92. The molecule has 200 valence electrons. The Morgan fingerprint density at radius 3 is 2.13 bits per heavy atom. The van der Waals surface area contributed by atoms with Crippen LogP contribution in [0, 0.1) is 5.92 Å². The molecule has 0 unspecified atom stereocenters. The van der Waals surface area contributed by atoms with Crippen LogP contribution in [0.1, 0.15) is 50.6 Å². The first kappa shape index (κ1) is 28.3. The van der Waals surface area contributed by atoms with Crippen molar-refractivity contribution in [1.29, 1.82) is 0 Å². The molecule has 0 saturated carbocycles. The molecule has 38 heavy (non-hydrogen) atoms. The molecule has 0 atom stereocenters. The van der Waals surface area contributed by atoms with Gasteiger partial charge in [-0.05, 0) is 66.4 Å². The molecule has 2 aromatic carbocycles. The third kappa shape index (κ3) is 7.87. The van der Waals surface area contributed by atoms with E-state index in [1.165, 1.54) is 36.4 Å². The molecule has 1 heterocycles. The van der Waals surface area contributed by atoms with Crippen molar-refractivity contribution in [1.82, 2.24) is 15.0 Å². The van der Waals surface area contributed by atoms with E-state index in [1.807, 2.05) is 42.8 Å². The van der Waals surface area contributed by atoms with Crippen LogP contribution in [-0.2, 0) is 21.2 Å². The number of hydrogen-bond acceptors (Lipinski definition) is 8. The minimum atomic E-state index is -4.21. The van der Waals surface area contributed by atoms with E-state index < -0.39 is 21.9 Å². The van der Waals surface area contributed by atoms with Crippen molar-refractivity contribution in [2.45, 2.75) is 25.2 Å². The Labute approximate surface area is 221 Å². The van der Waals surface area contributed by atoms with E-state index in [-0.39, 0.29) is 40.1 Å². The Morgan fingerprint density at radius 2 is 1.55 bits per heavy atom. The van der Waals surface area contributed by atoms with Gasteiger partial charge in [-0.1, -0.05) is 26.0 Å². The number of methoxy groups -OCH3 is 1. The highest BCUT2D eigenvalue weighted by atomic mass is 32.2. The van der Waals surface area contributed by atoms with Crippen LogP contribution >= 0.6 is 0 Å². The van der Waals surface area contributed by atoms with Crippen molar-refractivity contribution in [3.63, 3.8) is 0 Å². The molecule has 0 fully saturated rings. The summed E-state index contributed by atoms with van der Waals surface area (Å²) in [6.07, 6.45) is 1.71. The summed E-state index contributed by atoms with van der Waals surface area (Å²) in [5.74, 6) is -1.01. The molecule has 0 bridgehead atoms. The largest absolute Gasteiger partial charge is 0.497 e. The van der Waals surface area contributed by atoms with E-state index >= 15 is 0 Å². The summed E-state index contributed by atoms with van der Waals surface area (Å²) in [5.41, 5.74) is 1.25. The van der Waals surface area contributed by atoms with Gasteiger partial charge in [0.15, 0.2) is 0 Å². The lowest BCUT2D eigenvalue weighted by Crippen LogP contribution is -2.31. The van der Waals surface area contributed by atoms with Gasteiger partial charge in [0, 0.05) is 18.3 Å². The average molecular weight is 540 g/mol. The second kappa shape index (κ2) is 12.8. The predicted octanol–water partition coefficient (Wildman–Crippen LogP) is 2.99. The summed E-state index contributed by atoms with van der Waals surface area (Å²) in [7, 11) is -2.63. The number of amides is 2. The van der Waals surface area contributed by atoms with E-state index in [4.69, 9.17) is 9.47 Å². The summed E-state index contributed by atoms with van der Waals surface area (Å²) >= 11 is 0. The summed E-state index contributed by atoms with van der Waals surface area (Å²) in [6, 6.07) is 15.3. The smallest absolute Gasteiger partial charge is 0.356 e. The first-order chi connectivity index (χ1) is 18.1. The molecule has 2 amide bonds. The van der Waals surface area contributed by atoms with Gasteiger partial charge in [-0.15, -0.1) is 0 Å². The van der Waals surface area contributed by atoms with Gasteiger partial charge in [0.1, 0.15) is 11.4 Å². The van der Waals surface area contributed by atoms with E-state index in [1.54, 1.807) is 7.11 Å². The molecular weight excluding hydrogens is 510 g/mol. The molecule has 2 N–H and O–H groups in total. The van der Waals surface area contributed by atoms with Crippen LogP contribution in [-0.4, -0.2) is 51.4 Å². The summed E-state index contributed by atoms with van der Waals surface area (Å²) < 4.78 is 37.5. The molecule has 0 aliphatic carbocycles. The van der Waals surface area contributed by atoms with Crippen molar-refractivity contribution in [2.75, 3.05) is 20.3 Å². The molecule has 1 aromatic heterocycles. The monoisotopic (exact) mass is 539 g/mol. The number of sulfonamides is 1. The quantitative estimate of drug-likeness (QED) is 0.354. The molecule has 0 aliphatic heterocycles. The number of nitrogens with zero attached hydrogens (tertiary/aromatic N) is 1. The van der Waals surface area contributed by atoms with Crippen molar-refractivity contribution < 1.29 is 32.3 Å². The maximum Gasteiger partial charge on any atom is 0.356 e. The zero-order valence-electron chi connectivity index (χ0n) is 21.3. The van der Waals surface area contributed by atoms with Gasteiger partial charge < -0.3 is 14.8 Å². The number of carbonyl (C=O) groups is 3. The standard InChI is InChI=1S/C27H29N3O7S/c1-18(2)17-37-27(33)24-13-8-21(16-29-24)26(32)30-38(34,35)23-11-6-20(7-12-23)25(31)28-15-14-19-4-9-22(36-3)10-5-19/h4-13,16,18H,14-15,17H2,1-3H3,(H,28,31)(H,30,32). The summed E-state index contributed by atoms with van der Waals surface area (Å²) in [5, 5.41) is 2.78. The summed E-state index contributed by atoms with van der Waals surface area (Å²) in [6.45, 7) is 4.40. The van der Waals surface area contributed by atoms with Crippen LogP contribution in [0.3, 0.4) is 0 Å². The molecule has 0 radical (unpaired) electrons. The van der Waals surface area contributed by atoms with E-state index in [9.17, 15) is 22.8 Å². The van der Waals surface area contributed by atoms with Crippen molar-refractivity contribution in [3.8, 4) is 5.75 Å². The normalized spacial score (nSPS) is 11.1. The molecule has 0 spiro atoms. The van der Waals surface area contributed by atoms with Gasteiger partial charge in [0.25, 0.3) is 21.8 Å². The van der Waals surface area contributed by atoms with Crippen LogP contribution in [0.15, 0.2) is 71.8 Å². The van der Waals surface area contributed by atoms with E-state index in [2.05, 4.69) is 10.3 Å². The van der Waals surface area contributed by atoms with E-state index in [0.717, 1.165) is 17.5 Å². The van der Waals surface area contributed by atoms with Crippen LogP contribution in [0.2, 0.25) is 0 Å². The topological polar surface area (TPSA) is 141 Å². The first-order valence-corrected chi connectivity index (χ1v) is 13.3. The van der Waals surface area contributed by atoms with E-state index in [0.29, 0.717) is 13.0 Å². The lowest BCUT2D eigenvalue weighted by Gasteiger charge is -2.09. The number of esters is 1. The lowest BCUT2D eigenvalue weighted by molar-refractivity contribution is 0.0451. The van der Waals surface area contributed by atoms with Crippen LogP contribution in [0.5, 0.6) is 5.75 Å². The Bertz CT molecular complexity index is 1370. The minimum Gasteiger partial charge on any atom is -0.497 e. The number of hydrogen-bond donors (Lipinski definition) is 2. The lowest BCUT2D eigenvalue weighted by atomic mass is 10.1. The third-order valence-electron chi connectivity index (χ3n) is 5.29. The minimum absolute atomic E-state index is 0.00271. The second-order valence-electron chi connectivity index (χ2n) is 8.74. The fourth-order valence-electron chi connectivity index (χ4n) is 3.21. The zero-order chi connectivity index (χ0) is 27.7. The van der Waals surface area contributed by atoms with Crippen LogP contribution in [0.25, 0.3) is 0 Å². The molecule has 10 nitrogen and oxygen atoms in total. The zero-order valence-corrected chi connectivity index (χ0v) is 22.1. The number of nitrogens with one attached hydrogen (secondary N) is 2. The first-order valence-electron chi connectivity index (χ1n) is 11.8. The van der Waals surface area contributed by atoms with Gasteiger partial charge in [0.05, 0.1) is 24.2 Å². The maximum absolute atomic E-state index is 12.7. The van der Waals surface area contributed by atoms with Crippen LogP contribution < -0.4 is 14.8 Å². The van der Waals surface area contributed by atoms with Crippen molar-refractivity contribution in [2.24, 2.45) is 5.92 Å². The van der Waals surface area contributed by atoms with Gasteiger partial charge in [0.2, 0.25) is 0 Å². The number of pyridine rings is 1. The van der Waals surface area contributed by atoms with Gasteiger partial charge in [-0.2, -0.15) is 0 Å². The predicted molar refractivity (Wildman–Crippen MR) is 139 cm³/mol. The number of rotatable bonds is 11. The number of carbonyl (C=O) groups excluding carboxylic acids is 3. The fraction of sp³-hybridized carbons (Fsp3) is 0.259. The Balaban J connectivity index is 1.55. The Kier molecular flexibility index (Phi) is 9.55. The molecule has 3 aromatic rings. The second-order valence-corrected chi connectivity index (χ2v) is 10.4. The van der Waals surface area contributed by atoms with Crippen LogP contribution in [0.4, 0.5) is 0 Å². The van der Waals surface area contributed by atoms with Gasteiger partial charge in [-0.25, -0.2) is 22.9 Å².